The summed E-state index contributed by atoms with van der Waals surface area (Å²) in [7, 11) is 0. The summed E-state index contributed by atoms with van der Waals surface area (Å²) in [6.07, 6.45) is 1.69. The molecule has 1 amide bonds. The molecule has 0 bridgehead atoms. The van der Waals surface area contributed by atoms with Gasteiger partial charge in [-0.3, -0.25) is 14.3 Å². The Kier molecular flexibility index (Phi) is 3.26. The van der Waals surface area contributed by atoms with E-state index < -0.39 is 5.91 Å². The molecule has 3 rings (SSSR count). The topological polar surface area (TPSA) is 95.3 Å². The molecule has 3 aromatic rings. The molecule has 0 aromatic carbocycles. The van der Waals surface area contributed by atoms with Gasteiger partial charge in [-0.05, 0) is 13.0 Å². The first kappa shape index (κ1) is 13.8. The summed E-state index contributed by atoms with van der Waals surface area (Å²) >= 11 is 6.99. The van der Waals surface area contributed by atoms with Crippen LogP contribution in [-0.2, 0) is 6.54 Å². The van der Waals surface area contributed by atoms with Gasteiger partial charge >= 0.3 is 0 Å². The van der Waals surface area contributed by atoms with Crippen molar-refractivity contribution < 1.29 is 4.79 Å². The number of fused-ring (bicyclic) bond motifs is 1. The SMILES string of the molecule is Cc1sc2nc(Cn3ccc(Cl)n3)cc(=O)n2c1C(N)=O. The normalized spacial score (nSPS) is 11.1. The van der Waals surface area contributed by atoms with E-state index >= 15 is 0 Å². The molecule has 0 unspecified atom stereocenters. The fourth-order valence-electron chi connectivity index (χ4n) is 2.08. The van der Waals surface area contributed by atoms with Gasteiger partial charge in [-0.1, -0.05) is 11.6 Å². The molecular weight excluding hydrogens is 314 g/mol. The van der Waals surface area contributed by atoms with Crippen molar-refractivity contribution >= 4 is 33.8 Å². The number of carbonyl (C=O) groups excluding carboxylic acids is 1. The zero-order valence-electron chi connectivity index (χ0n) is 10.9. The first-order valence-corrected chi connectivity index (χ1v) is 7.16. The smallest absolute Gasteiger partial charge is 0.266 e. The first-order valence-electron chi connectivity index (χ1n) is 5.96. The Balaban J connectivity index is 2.12. The summed E-state index contributed by atoms with van der Waals surface area (Å²) in [4.78, 5) is 29.1. The minimum Gasteiger partial charge on any atom is -0.364 e. The molecular formula is C12H10ClN5O2S. The molecule has 0 saturated heterocycles. The maximum absolute atomic E-state index is 12.2. The lowest BCUT2D eigenvalue weighted by Crippen LogP contribution is -2.23. The van der Waals surface area contributed by atoms with E-state index in [0.29, 0.717) is 27.2 Å². The third-order valence-corrected chi connectivity index (χ3v) is 4.07. The lowest BCUT2D eigenvalue weighted by molar-refractivity contribution is 0.0994. The molecule has 3 aromatic heterocycles. The predicted molar refractivity (Wildman–Crippen MR) is 78.9 cm³/mol. The van der Waals surface area contributed by atoms with Crippen molar-refractivity contribution in [3.05, 3.63) is 50.1 Å². The van der Waals surface area contributed by atoms with Gasteiger partial charge in [0.05, 0.1) is 12.2 Å². The van der Waals surface area contributed by atoms with Crippen molar-refractivity contribution in [2.24, 2.45) is 5.73 Å². The molecule has 0 atom stereocenters. The fraction of sp³-hybridized carbons (Fsp3) is 0.167. The van der Waals surface area contributed by atoms with Crippen molar-refractivity contribution in [2.45, 2.75) is 13.5 Å². The minimum atomic E-state index is -0.644. The number of aryl methyl sites for hydroxylation is 1. The maximum atomic E-state index is 12.2. The van der Waals surface area contributed by atoms with E-state index in [1.54, 1.807) is 23.9 Å². The molecule has 0 aliphatic heterocycles. The number of rotatable bonds is 3. The minimum absolute atomic E-state index is 0.182. The van der Waals surface area contributed by atoms with Gasteiger partial charge in [0, 0.05) is 17.1 Å². The standard InChI is InChI=1S/C12H10ClN5O2S/c1-6-10(11(14)20)18-9(19)4-7(15-12(18)21-6)5-17-3-2-8(13)16-17/h2-4H,5H2,1H3,(H2,14,20). The number of amides is 1. The first-order chi connectivity index (χ1) is 9.95. The molecule has 0 radical (unpaired) electrons. The van der Waals surface area contributed by atoms with Gasteiger partial charge in [0.25, 0.3) is 11.5 Å². The molecule has 0 spiro atoms. The third kappa shape index (κ3) is 2.43. The maximum Gasteiger partial charge on any atom is 0.266 e. The van der Waals surface area contributed by atoms with Gasteiger partial charge in [0.2, 0.25) is 0 Å². The average molecular weight is 324 g/mol. The molecule has 0 saturated carbocycles. The van der Waals surface area contributed by atoms with E-state index in [4.69, 9.17) is 17.3 Å². The lowest BCUT2D eigenvalue weighted by atomic mass is 10.3. The third-order valence-electron chi connectivity index (χ3n) is 2.91. The van der Waals surface area contributed by atoms with Gasteiger partial charge < -0.3 is 5.73 Å². The van der Waals surface area contributed by atoms with Crippen molar-refractivity contribution in [2.75, 3.05) is 0 Å². The number of nitrogens with two attached hydrogens (primary N) is 1. The predicted octanol–water partition coefficient (Wildman–Crippen LogP) is 1.06. The molecule has 0 fully saturated rings. The Morgan fingerprint density at radius 1 is 1.52 bits per heavy atom. The van der Waals surface area contributed by atoms with Gasteiger partial charge in [-0.25, -0.2) is 9.38 Å². The van der Waals surface area contributed by atoms with Crippen molar-refractivity contribution in [1.29, 1.82) is 0 Å². The number of thiazole rings is 1. The van der Waals surface area contributed by atoms with Crippen molar-refractivity contribution in [3.63, 3.8) is 0 Å². The summed E-state index contributed by atoms with van der Waals surface area (Å²) in [5, 5.41) is 4.40. The van der Waals surface area contributed by atoms with E-state index in [-0.39, 0.29) is 11.3 Å². The summed E-state index contributed by atoms with van der Waals surface area (Å²) in [5.74, 6) is -0.644. The highest BCUT2D eigenvalue weighted by Crippen LogP contribution is 2.19. The van der Waals surface area contributed by atoms with E-state index in [0.717, 1.165) is 0 Å². The Morgan fingerprint density at radius 3 is 2.90 bits per heavy atom. The molecule has 108 valence electrons. The zero-order chi connectivity index (χ0) is 15.1. The number of hydrogen-bond acceptors (Lipinski definition) is 5. The van der Waals surface area contributed by atoms with Crippen LogP contribution in [-0.4, -0.2) is 25.1 Å². The summed E-state index contributed by atoms with van der Waals surface area (Å²) in [6, 6.07) is 3.01. The number of nitrogens with zero attached hydrogens (tertiary/aromatic N) is 4. The Bertz CT molecular complexity index is 910. The Morgan fingerprint density at radius 2 is 2.29 bits per heavy atom. The molecule has 0 aliphatic rings. The average Bonchev–Trinajstić information content (AvgIpc) is 2.92. The second-order valence-corrected chi connectivity index (χ2v) is 5.98. The summed E-state index contributed by atoms with van der Waals surface area (Å²) in [6.45, 7) is 2.05. The zero-order valence-corrected chi connectivity index (χ0v) is 12.5. The van der Waals surface area contributed by atoms with Crippen LogP contribution in [0.4, 0.5) is 0 Å². The van der Waals surface area contributed by atoms with Crippen LogP contribution < -0.4 is 11.3 Å². The van der Waals surface area contributed by atoms with Crippen LogP contribution >= 0.6 is 22.9 Å². The van der Waals surface area contributed by atoms with E-state index in [2.05, 4.69) is 10.1 Å². The largest absolute Gasteiger partial charge is 0.364 e. The second-order valence-electron chi connectivity index (χ2n) is 4.41. The highest BCUT2D eigenvalue weighted by Gasteiger charge is 2.17. The highest BCUT2D eigenvalue weighted by molar-refractivity contribution is 7.17. The van der Waals surface area contributed by atoms with Gasteiger partial charge in [0.15, 0.2) is 10.1 Å². The molecule has 21 heavy (non-hydrogen) atoms. The van der Waals surface area contributed by atoms with Crippen molar-refractivity contribution in [3.8, 4) is 0 Å². The van der Waals surface area contributed by atoms with E-state index in [1.165, 1.54) is 21.8 Å². The van der Waals surface area contributed by atoms with Gasteiger partial charge in [-0.15, -0.1) is 11.3 Å². The number of carbonyl (C=O) groups is 1. The lowest BCUT2D eigenvalue weighted by Gasteiger charge is -2.02. The van der Waals surface area contributed by atoms with E-state index in [9.17, 15) is 9.59 Å². The molecule has 9 heteroatoms. The van der Waals surface area contributed by atoms with Crippen LogP contribution in [0, 0.1) is 6.92 Å². The summed E-state index contributed by atoms with van der Waals surface area (Å²) in [5.41, 5.74) is 5.69. The van der Waals surface area contributed by atoms with Crippen LogP contribution in [0.1, 0.15) is 21.1 Å². The van der Waals surface area contributed by atoms with Crippen LogP contribution in [0.25, 0.3) is 4.96 Å². The van der Waals surface area contributed by atoms with Crippen molar-refractivity contribution in [1.82, 2.24) is 19.2 Å². The highest BCUT2D eigenvalue weighted by atomic mass is 35.5. The van der Waals surface area contributed by atoms with Crippen LogP contribution in [0.15, 0.2) is 23.1 Å². The summed E-state index contributed by atoms with van der Waals surface area (Å²) < 4.78 is 2.82. The number of hydrogen-bond donors (Lipinski definition) is 1. The Labute approximate surface area is 127 Å². The van der Waals surface area contributed by atoms with Crippen LogP contribution in [0.5, 0.6) is 0 Å². The van der Waals surface area contributed by atoms with Gasteiger partial charge in [0.1, 0.15) is 5.69 Å². The number of primary amides is 1. The molecule has 3 heterocycles. The quantitative estimate of drug-likeness (QED) is 0.779. The van der Waals surface area contributed by atoms with E-state index in [1.807, 2.05) is 0 Å². The van der Waals surface area contributed by atoms with Crippen LogP contribution in [0.2, 0.25) is 5.15 Å². The monoisotopic (exact) mass is 323 g/mol. The molecule has 0 aliphatic carbocycles. The Hall–Kier alpha value is -2.19. The number of aromatic nitrogens is 4. The second kappa shape index (κ2) is 4.97. The number of halogens is 1. The fourth-order valence-corrected chi connectivity index (χ4v) is 3.23. The van der Waals surface area contributed by atoms with Gasteiger partial charge in [-0.2, -0.15) is 5.10 Å². The van der Waals surface area contributed by atoms with Crippen LogP contribution in [0.3, 0.4) is 0 Å². The molecule has 7 nitrogen and oxygen atoms in total. The molecule has 2 N–H and O–H groups in total.